The third kappa shape index (κ3) is 32.7. The van der Waals surface area contributed by atoms with Crippen LogP contribution in [0.5, 0.6) is 34.5 Å². The fourth-order valence-electron chi connectivity index (χ4n) is 12.6. The second kappa shape index (κ2) is 49.3. The van der Waals surface area contributed by atoms with Gasteiger partial charge in [-0.05, 0) is 169 Å². The van der Waals surface area contributed by atoms with Crippen molar-refractivity contribution in [2.45, 2.75) is 108 Å². The number of carbonyl (C=O) groups excluding carboxylic acids is 9. The molecule has 0 aliphatic rings. The molecule has 6 rings (SSSR count). The summed E-state index contributed by atoms with van der Waals surface area (Å²) in [6.45, 7) is 7.97. The van der Waals surface area contributed by atoms with Crippen molar-refractivity contribution in [3.05, 3.63) is 179 Å². The Kier molecular flexibility index (Phi) is 41.5. The third-order valence-electron chi connectivity index (χ3n) is 20.2. The van der Waals surface area contributed by atoms with Crippen molar-refractivity contribution in [2.75, 3.05) is 167 Å². The van der Waals surface area contributed by atoms with Crippen molar-refractivity contribution in [1.82, 2.24) is 39.2 Å². The van der Waals surface area contributed by atoms with Crippen LogP contribution in [0, 0.1) is 16.7 Å². The molecule has 8 amide bonds. The van der Waals surface area contributed by atoms with Crippen molar-refractivity contribution < 1.29 is 71.6 Å². The van der Waals surface area contributed by atoms with Crippen LogP contribution in [-0.4, -0.2) is 259 Å². The van der Waals surface area contributed by atoms with Crippen molar-refractivity contribution in [3.63, 3.8) is 0 Å². The molecule has 0 heterocycles. The monoisotopic (exact) mass is 1590 g/mol. The molecule has 1 unspecified atom stereocenters. The molecule has 0 spiro atoms. The molecule has 0 saturated carbocycles. The lowest BCUT2D eigenvalue weighted by molar-refractivity contribution is -0.148. The molecule has 6 N–H and O–H groups in total. The van der Waals surface area contributed by atoms with Crippen LogP contribution in [0.3, 0.4) is 0 Å². The minimum atomic E-state index is -0.794. The predicted molar refractivity (Wildman–Crippen MR) is 450 cm³/mol. The zero-order valence-corrected chi connectivity index (χ0v) is 68.5. The Morgan fingerprint density at radius 1 is 0.278 bits per heavy atom. The van der Waals surface area contributed by atoms with Crippen LogP contribution in [0.25, 0.3) is 0 Å². The molecule has 115 heavy (non-hydrogen) atoms. The fraction of sp³-hybridized carbons (Fsp3) is 0.494. The zero-order valence-electron chi connectivity index (χ0n) is 68.5. The van der Waals surface area contributed by atoms with Crippen molar-refractivity contribution in [2.24, 2.45) is 33.9 Å². The Balaban J connectivity index is 0.0000139. The van der Waals surface area contributed by atoms with E-state index in [0.717, 1.165) is 33.4 Å². The number of Topliss-reactive ketones (excluding diaryl/α,β-unsaturated/α-hetero) is 1. The summed E-state index contributed by atoms with van der Waals surface area (Å²) in [6.07, 6.45) is 2.59. The molecule has 26 nitrogen and oxygen atoms in total. The first-order valence-electron chi connectivity index (χ1n) is 38.7. The van der Waals surface area contributed by atoms with Crippen LogP contribution in [0.1, 0.15) is 103 Å². The summed E-state index contributed by atoms with van der Waals surface area (Å²) in [5.74, 6) is -0.927. The summed E-state index contributed by atoms with van der Waals surface area (Å²) in [4.78, 5) is 145. The highest BCUT2D eigenvalue weighted by Gasteiger charge is 2.34. The van der Waals surface area contributed by atoms with Gasteiger partial charge in [0.05, 0.1) is 95.0 Å². The van der Waals surface area contributed by atoms with Gasteiger partial charge < -0.3 is 84.8 Å². The van der Waals surface area contributed by atoms with Crippen LogP contribution in [0.2, 0.25) is 0 Å². The maximum atomic E-state index is 15.5. The van der Waals surface area contributed by atoms with Crippen LogP contribution < -0.4 is 45.6 Å². The number of ether oxygens (including phenoxy) is 6. The van der Waals surface area contributed by atoms with E-state index in [2.05, 4.69) is 20.8 Å². The maximum Gasteiger partial charge on any atom is 0.242 e. The van der Waals surface area contributed by atoms with E-state index in [1.54, 1.807) is 117 Å². The normalized spacial score (nSPS) is 11.3. The molecule has 26 heteroatoms. The van der Waals surface area contributed by atoms with Gasteiger partial charge in [0.2, 0.25) is 47.3 Å². The Labute approximate surface area is 682 Å². The summed E-state index contributed by atoms with van der Waals surface area (Å²) < 4.78 is 32.5. The minimum Gasteiger partial charge on any atom is -0.497 e. The average molecular weight is 1590 g/mol. The standard InChI is InChI=1S/C87H121N11O15.2CH4/c1-86(2,3)70(37-44-88)55-78(100)92(48-39-65-15-27-72(109-8)28-16-65)57-80(102)95(51-42-68-21-33-75(112-11)34-22-68)60-84(106)98(54-46-90)63-83(105)94(50-41-67-19-31-74(111-10)32-20-67)59-81(103)96(52-43-69-23-35-76(113-12)36-24-69)61-85(107)97(53-45-89)62-82(104)93(49-40-66-17-29-73(110-9)30-18-66)58-79(101)91(56-77(99)87(4,5)6)47-38-64-13-25-71(108-7)26-14-64;;/h13-36,70H,37-63,88-90H2,1-12H3;2*1H4. The number of benzene rings is 6. The topological polar surface area (TPSA) is 313 Å². The van der Waals surface area contributed by atoms with Gasteiger partial charge in [-0.15, -0.1) is 0 Å². The Bertz CT molecular complexity index is 3960. The minimum absolute atomic E-state index is 0. The predicted octanol–water partition coefficient (Wildman–Crippen LogP) is 8.33. The van der Waals surface area contributed by atoms with E-state index < -0.39 is 86.0 Å². The largest absolute Gasteiger partial charge is 0.497 e. The van der Waals surface area contributed by atoms with E-state index in [-0.39, 0.29) is 136 Å². The Morgan fingerprint density at radius 2 is 0.461 bits per heavy atom. The number of amides is 8. The molecular formula is C89H129N11O15. The summed E-state index contributed by atoms with van der Waals surface area (Å²) >= 11 is 0. The molecule has 0 aliphatic heterocycles. The molecule has 0 fully saturated rings. The Hall–Kier alpha value is -10.6. The SMILES string of the molecule is C.C.COc1ccc(CCN(CC(=O)N(CCc2ccc(OC)cc2)CC(=O)N(CCN)CC(=O)N(CCc2ccc(OC)cc2)CC(=O)N(CCc2ccc(OC)cc2)CC(=O)N(CCN)CC(=O)N(CCc2ccc(OC)cc2)CC(=O)N(CCc2ccc(OC)cc2)CC(=O)C(C)(C)C)C(=O)CC(CCN)C(C)(C)C)cc1. The summed E-state index contributed by atoms with van der Waals surface area (Å²) in [5.41, 5.74) is 22.6. The first-order chi connectivity index (χ1) is 54.0. The zero-order chi connectivity index (χ0) is 82.6. The molecule has 0 aliphatic carbocycles. The molecule has 6 aromatic rings. The first kappa shape index (κ1) is 96.8. The van der Waals surface area contributed by atoms with Gasteiger partial charge in [-0.1, -0.05) is 129 Å². The molecule has 0 saturated heterocycles. The summed E-state index contributed by atoms with van der Waals surface area (Å²) in [5, 5.41) is 0. The van der Waals surface area contributed by atoms with E-state index in [9.17, 15) is 14.4 Å². The van der Waals surface area contributed by atoms with Gasteiger partial charge in [-0.3, -0.25) is 43.2 Å². The molecule has 1 atom stereocenters. The summed E-state index contributed by atoms with van der Waals surface area (Å²) in [7, 11) is 9.35. The maximum absolute atomic E-state index is 15.5. The highest BCUT2D eigenvalue weighted by Crippen LogP contribution is 2.32. The molecule has 6 aromatic carbocycles. The van der Waals surface area contributed by atoms with Gasteiger partial charge in [-0.2, -0.15) is 0 Å². The number of carbonyl (C=O) groups is 9. The van der Waals surface area contributed by atoms with Crippen LogP contribution >= 0.6 is 0 Å². The fourth-order valence-corrected chi connectivity index (χ4v) is 12.6. The molecule has 0 radical (unpaired) electrons. The van der Waals surface area contributed by atoms with Gasteiger partial charge in [0, 0.05) is 77.3 Å². The lowest BCUT2D eigenvalue weighted by Crippen LogP contribution is -2.53. The van der Waals surface area contributed by atoms with Gasteiger partial charge >= 0.3 is 0 Å². The number of nitrogens with zero attached hydrogens (tertiary/aromatic N) is 8. The second-order valence-corrected chi connectivity index (χ2v) is 30.2. The second-order valence-electron chi connectivity index (χ2n) is 30.2. The lowest BCUT2D eigenvalue weighted by atomic mass is 9.76. The first-order valence-corrected chi connectivity index (χ1v) is 38.7. The van der Waals surface area contributed by atoms with E-state index in [1.807, 2.05) is 97.1 Å². The molecule has 0 aromatic heterocycles. The van der Waals surface area contributed by atoms with E-state index >= 15 is 28.8 Å². The van der Waals surface area contributed by atoms with Crippen molar-refractivity contribution in [3.8, 4) is 34.5 Å². The van der Waals surface area contributed by atoms with E-state index in [4.69, 9.17) is 45.6 Å². The van der Waals surface area contributed by atoms with Crippen LogP contribution in [0.15, 0.2) is 146 Å². The number of nitrogens with two attached hydrogens (primary N) is 3. The van der Waals surface area contributed by atoms with Crippen molar-refractivity contribution in [1.29, 1.82) is 0 Å². The quantitative estimate of drug-likeness (QED) is 0.0323. The summed E-state index contributed by atoms with van der Waals surface area (Å²) in [6, 6.07) is 43.9. The van der Waals surface area contributed by atoms with Gasteiger partial charge in [0.15, 0.2) is 5.78 Å². The highest BCUT2D eigenvalue weighted by molar-refractivity contribution is 5.94. The van der Waals surface area contributed by atoms with E-state index in [1.165, 1.54) is 34.3 Å². The van der Waals surface area contributed by atoms with Crippen LogP contribution in [0.4, 0.5) is 0 Å². The molecule has 0 bridgehead atoms. The molecule has 630 valence electrons. The number of rotatable bonds is 48. The Morgan fingerprint density at radius 3 is 0.626 bits per heavy atom. The number of hydrogen-bond acceptors (Lipinski definition) is 18. The van der Waals surface area contributed by atoms with Crippen LogP contribution in [-0.2, 0) is 81.7 Å². The molecular weight excluding hydrogens is 1460 g/mol. The number of methoxy groups -OCH3 is 6. The van der Waals surface area contributed by atoms with Gasteiger partial charge in [0.25, 0.3) is 0 Å². The van der Waals surface area contributed by atoms with E-state index in [0.29, 0.717) is 73.1 Å². The lowest BCUT2D eigenvalue weighted by Gasteiger charge is -2.34. The highest BCUT2D eigenvalue weighted by atomic mass is 16.5. The number of hydrogen-bond donors (Lipinski definition) is 3. The van der Waals surface area contributed by atoms with Gasteiger partial charge in [-0.25, -0.2) is 0 Å². The smallest absolute Gasteiger partial charge is 0.242 e. The van der Waals surface area contributed by atoms with Crippen molar-refractivity contribution >= 4 is 53.0 Å². The average Bonchev–Trinajstić information content (AvgIpc) is 0.855. The third-order valence-corrected chi connectivity index (χ3v) is 20.2. The number of ketones is 1. The van der Waals surface area contributed by atoms with Gasteiger partial charge in [0.1, 0.15) is 34.5 Å².